The minimum atomic E-state index is -5.29. The van der Waals surface area contributed by atoms with Gasteiger partial charge in [-0.2, -0.15) is 39.5 Å². The first-order valence-electron chi connectivity index (χ1n) is 11.2. The van der Waals surface area contributed by atoms with Gasteiger partial charge in [0.05, 0.1) is 20.1 Å². The molecular formula is C25H18BrCl2F10NO2. The number of halogens is 13. The Kier molecular flexibility index (Phi) is 11.0. The van der Waals surface area contributed by atoms with Crippen molar-refractivity contribution in [2.75, 3.05) is 13.6 Å². The predicted molar refractivity (Wildman–Crippen MR) is 135 cm³/mol. The molecule has 0 N–H and O–H groups in total. The molecule has 0 saturated carbocycles. The zero-order valence-electron chi connectivity index (χ0n) is 20.7. The van der Waals surface area contributed by atoms with E-state index < -0.39 is 83.1 Å². The van der Waals surface area contributed by atoms with Crippen LogP contribution < -0.4 is 0 Å². The van der Waals surface area contributed by atoms with Gasteiger partial charge in [-0.15, -0.1) is 0 Å². The number of alkyl halides is 9. The van der Waals surface area contributed by atoms with Crippen LogP contribution in [0.3, 0.4) is 0 Å². The molecule has 0 aliphatic carbocycles. The van der Waals surface area contributed by atoms with Crippen molar-refractivity contribution in [3.05, 3.63) is 73.2 Å². The van der Waals surface area contributed by atoms with Gasteiger partial charge in [-0.25, -0.2) is 4.39 Å². The molecule has 1 amide bonds. The molecule has 0 aliphatic heterocycles. The van der Waals surface area contributed by atoms with Crippen molar-refractivity contribution in [1.82, 2.24) is 4.90 Å². The number of allylic oxidation sites excluding steroid dienone is 1. The van der Waals surface area contributed by atoms with Gasteiger partial charge in [0.25, 0.3) is 0 Å². The average Bonchev–Trinajstić information content (AvgIpc) is 2.82. The molecule has 0 bridgehead atoms. The standard InChI is InChI=1S/C25H18BrCl2F10NO2/c1-11(22(41)39(2)10-23(30,31)32)5-20(40)14-4-3-12(6-16(14)25(36,37)38)19(29)9-15(24(33,34)35)13-7-17(27)21(26)18(28)8-13/h3-4,6-9,11,15H,5,10H2,1-2H3/b19-9-/t11-,15?/m0/s1. The van der Waals surface area contributed by atoms with E-state index in [0.29, 0.717) is 12.1 Å². The minimum absolute atomic E-state index is 0.0180. The molecule has 0 fully saturated rings. The summed E-state index contributed by atoms with van der Waals surface area (Å²) in [5, 5.41) is -0.481. The molecule has 0 radical (unpaired) electrons. The molecule has 2 aromatic carbocycles. The van der Waals surface area contributed by atoms with Gasteiger partial charge in [-0.05, 0) is 45.8 Å². The lowest BCUT2D eigenvalue weighted by molar-refractivity contribution is -0.160. The van der Waals surface area contributed by atoms with Gasteiger partial charge in [0.1, 0.15) is 18.3 Å². The Morgan fingerprint density at radius 2 is 1.51 bits per heavy atom. The van der Waals surface area contributed by atoms with Gasteiger partial charge in [-0.3, -0.25) is 9.59 Å². The summed E-state index contributed by atoms with van der Waals surface area (Å²) in [6, 6.07) is 2.95. The molecule has 0 aliphatic rings. The molecule has 0 aromatic heterocycles. The third-order valence-electron chi connectivity index (χ3n) is 5.64. The fraction of sp³-hybridized carbons (Fsp3) is 0.360. The molecule has 0 spiro atoms. The number of Topliss-reactive ketones (excluding diaryl/α,β-unsaturated/α-hetero) is 1. The van der Waals surface area contributed by atoms with Crippen LogP contribution in [0.25, 0.3) is 5.83 Å². The Hall–Kier alpha value is -2.32. The number of carbonyl (C=O) groups excluding carboxylic acids is 2. The second-order valence-corrected chi connectivity index (χ2v) is 10.5. The molecular weight excluding hydrogens is 687 g/mol. The summed E-state index contributed by atoms with van der Waals surface area (Å²) in [4.78, 5) is 25.0. The van der Waals surface area contributed by atoms with Crippen LogP contribution in [-0.4, -0.2) is 42.5 Å². The maximum atomic E-state index is 15.0. The molecule has 41 heavy (non-hydrogen) atoms. The first-order chi connectivity index (χ1) is 18.5. The van der Waals surface area contributed by atoms with Crippen molar-refractivity contribution >= 4 is 56.6 Å². The maximum Gasteiger partial charge on any atom is 0.417 e. The molecule has 3 nitrogen and oxygen atoms in total. The molecule has 2 aromatic rings. The monoisotopic (exact) mass is 703 g/mol. The van der Waals surface area contributed by atoms with Crippen molar-refractivity contribution in [2.45, 2.75) is 37.8 Å². The fourth-order valence-electron chi connectivity index (χ4n) is 3.75. The molecule has 2 atom stereocenters. The highest BCUT2D eigenvalue weighted by Gasteiger charge is 2.41. The average molecular weight is 705 g/mol. The number of carbonyl (C=O) groups is 2. The van der Waals surface area contributed by atoms with Crippen LogP contribution in [0.4, 0.5) is 43.9 Å². The van der Waals surface area contributed by atoms with E-state index in [0.717, 1.165) is 26.1 Å². The van der Waals surface area contributed by atoms with E-state index >= 15 is 4.39 Å². The highest BCUT2D eigenvalue weighted by molar-refractivity contribution is 9.10. The number of hydrogen-bond acceptors (Lipinski definition) is 2. The van der Waals surface area contributed by atoms with E-state index in [-0.39, 0.29) is 31.6 Å². The van der Waals surface area contributed by atoms with Crippen LogP contribution >= 0.6 is 39.1 Å². The predicted octanol–water partition coefficient (Wildman–Crippen LogP) is 9.66. The molecule has 2 rings (SSSR count). The van der Waals surface area contributed by atoms with Crippen LogP contribution in [-0.2, 0) is 11.0 Å². The largest absolute Gasteiger partial charge is 0.417 e. The Morgan fingerprint density at radius 3 is 1.98 bits per heavy atom. The lowest BCUT2D eigenvalue weighted by Crippen LogP contribution is -2.39. The number of nitrogens with zero attached hydrogens (tertiary/aromatic N) is 1. The first kappa shape index (κ1) is 34.9. The van der Waals surface area contributed by atoms with Crippen molar-refractivity contribution in [1.29, 1.82) is 0 Å². The summed E-state index contributed by atoms with van der Waals surface area (Å²) >= 11 is 14.6. The van der Waals surface area contributed by atoms with Gasteiger partial charge in [0.15, 0.2) is 5.78 Å². The topological polar surface area (TPSA) is 37.4 Å². The lowest BCUT2D eigenvalue weighted by Gasteiger charge is -2.22. The number of rotatable bonds is 8. The summed E-state index contributed by atoms with van der Waals surface area (Å²) in [5.41, 5.74) is -4.33. The highest BCUT2D eigenvalue weighted by Crippen LogP contribution is 2.43. The van der Waals surface area contributed by atoms with Gasteiger partial charge in [0.2, 0.25) is 5.91 Å². The quantitative estimate of drug-likeness (QED) is 0.156. The molecule has 0 heterocycles. The zero-order valence-corrected chi connectivity index (χ0v) is 23.8. The van der Waals surface area contributed by atoms with Crippen molar-refractivity contribution in [2.24, 2.45) is 5.92 Å². The Labute approximate surface area is 245 Å². The summed E-state index contributed by atoms with van der Waals surface area (Å²) in [6.45, 7) is -0.620. The third kappa shape index (κ3) is 9.34. The number of ketones is 1. The third-order valence-corrected chi connectivity index (χ3v) is 7.54. The van der Waals surface area contributed by atoms with Crippen molar-refractivity contribution in [3.8, 4) is 0 Å². The van der Waals surface area contributed by atoms with Crippen LogP contribution in [0.2, 0.25) is 10.0 Å². The number of benzene rings is 2. The lowest BCUT2D eigenvalue weighted by atomic mass is 9.92. The van der Waals surface area contributed by atoms with Crippen LogP contribution in [0.1, 0.15) is 46.3 Å². The number of amides is 1. The Morgan fingerprint density at radius 1 is 0.976 bits per heavy atom. The summed E-state index contributed by atoms with van der Waals surface area (Å²) in [7, 11) is 0.798. The van der Waals surface area contributed by atoms with Crippen molar-refractivity contribution in [3.63, 3.8) is 0 Å². The number of hydrogen-bond donors (Lipinski definition) is 0. The van der Waals surface area contributed by atoms with Gasteiger partial charge < -0.3 is 4.90 Å². The fourth-order valence-corrected chi connectivity index (χ4v) is 4.48. The van der Waals surface area contributed by atoms with Crippen molar-refractivity contribution < 1.29 is 53.5 Å². The van der Waals surface area contributed by atoms with E-state index in [9.17, 15) is 49.1 Å². The minimum Gasteiger partial charge on any atom is -0.336 e. The van der Waals surface area contributed by atoms with E-state index in [1.165, 1.54) is 0 Å². The van der Waals surface area contributed by atoms with Gasteiger partial charge in [-0.1, -0.05) is 42.3 Å². The Balaban J connectivity index is 2.47. The Bertz CT molecular complexity index is 1320. The SMILES string of the molecule is C[C@@H](CC(=O)c1ccc(/C(F)=C/C(c2cc(Cl)c(Br)c(Cl)c2)C(F)(F)F)cc1C(F)(F)F)C(=O)N(C)CC(F)(F)F. The summed E-state index contributed by atoms with van der Waals surface area (Å²) in [5.74, 6) is -8.32. The van der Waals surface area contributed by atoms with Crippen LogP contribution in [0.15, 0.2) is 40.9 Å². The maximum absolute atomic E-state index is 15.0. The zero-order chi connectivity index (χ0) is 31.7. The summed E-state index contributed by atoms with van der Waals surface area (Å²) in [6.07, 6.45) is -16.1. The molecule has 226 valence electrons. The van der Waals surface area contributed by atoms with E-state index in [1.807, 2.05) is 0 Å². The van der Waals surface area contributed by atoms with Gasteiger partial charge in [0, 0.05) is 30.5 Å². The highest BCUT2D eigenvalue weighted by atomic mass is 79.9. The van der Waals surface area contributed by atoms with E-state index in [2.05, 4.69) is 15.9 Å². The second kappa shape index (κ2) is 12.9. The van der Waals surface area contributed by atoms with E-state index in [1.54, 1.807) is 0 Å². The first-order valence-corrected chi connectivity index (χ1v) is 12.7. The van der Waals surface area contributed by atoms with E-state index in [4.69, 9.17) is 23.2 Å². The van der Waals surface area contributed by atoms with Gasteiger partial charge >= 0.3 is 18.5 Å². The summed E-state index contributed by atoms with van der Waals surface area (Å²) < 4.78 is 135. The second-order valence-electron chi connectivity index (χ2n) is 8.93. The smallest absolute Gasteiger partial charge is 0.336 e. The normalized spacial score (nSPS) is 14.6. The molecule has 0 saturated heterocycles. The van der Waals surface area contributed by atoms with Crippen LogP contribution in [0, 0.1) is 5.92 Å². The van der Waals surface area contributed by atoms with Crippen LogP contribution in [0.5, 0.6) is 0 Å². The molecule has 1 unspecified atom stereocenters. The molecule has 16 heteroatoms.